The predicted octanol–water partition coefficient (Wildman–Crippen LogP) is 6.67. The summed E-state index contributed by atoms with van der Waals surface area (Å²) in [5.41, 5.74) is 5.59. The molecule has 3 aromatic carbocycles. The summed E-state index contributed by atoms with van der Waals surface area (Å²) in [6.45, 7) is 0. The zero-order valence-electron chi connectivity index (χ0n) is 16.1. The number of oxazole rings is 1. The Kier molecular flexibility index (Phi) is 4.71. The van der Waals surface area contributed by atoms with Gasteiger partial charge in [0, 0.05) is 34.6 Å². The number of nitrogens with zero attached hydrogens (tertiary/aromatic N) is 1. The lowest BCUT2D eigenvalue weighted by Crippen LogP contribution is -1.90. The molecule has 0 saturated carbocycles. The molecule has 0 unspecified atom stereocenters. The fourth-order valence-corrected chi connectivity index (χ4v) is 3.82. The summed E-state index contributed by atoms with van der Waals surface area (Å²) in [6, 6.07) is 28.9. The lowest BCUT2D eigenvalue weighted by Gasteiger charge is -2.00. The van der Waals surface area contributed by atoms with E-state index in [4.69, 9.17) is 9.40 Å². The highest BCUT2D eigenvalue weighted by Gasteiger charge is 2.16. The smallest absolute Gasteiger partial charge is 0.195 e. The van der Waals surface area contributed by atoms with E-state index in [2.05, 4.69) is 59.7 Å². The third kappa shape index (κ3) is 3.59. The van der Waals surface area contributed by atoms with Gasteiger partial charge in [-0.1, -0.05) is 78.9 Å². The van der Waals surface area contributed by atoms with Crippen molar-refractivity contribution in [2.24, 2.45) is 0 Å². The van der Waals surface area contributed by atoms with Crippen LogP contribution in [0.5, 0.6) is 0 Å². The minimum absolute atomic E-state index is 0.794. The maximum Gasteiger partial charge on any atom is 0.195 e. The van der Waals surface area contributed by atoms with Crippen molar-refractivity contribution < 1.29 is 4.42 Å². The van der Waals surface area contributed by atoms with Gasteiger partial charge in [0.15, 0.2) is 11.7 Å². The van der Waals surface area contributed by atoms with Crippen LogP contribution in [0, 0.1) is 0 Å². The highest BCUT2D eigenvalue weighted by molar-refractivity contribution is 5.83. The number of hydrogen-bond donors (Lipinski definition) is 1. The fraction of sp³-hybridized carbons (Fsp3) is 0.115. The first-order valence-electron chi connectivity index (χ1n) is 10.0. The normalized spacial score (nSPS) is 11.2. The summed E-state index contributed by atoms with van der Waals surface area (Å²) < 4.78 is 6.24. The molecule has 5 rings (SSSR count). The minimum atomic E-state index is 0.794. The number of benzene rings is 3. The molecule has 0 aliphatic rings. The third-order valence-corrected chi connectivity index (χ3v) is 5.27. The lowest BCUT2D eigenvalue weighted by molar-refractivity contribution is 0.498. The van der Waals surface area contributed by atoms with Crippen molar-refractivity contribution in [3.63, 3.8) is 0 Å². The largest absolute Gasteiger partial charge is 0.440 e. The molecule has 0 bridgehead atoms. The average molecular weight is 378 g/mol. The average Bonchev–Trinajstić information content (AvgIpc) is 3.40. The summed E-state index contributed by atoms with van der Waals surface area (Å²) in [5, 5.41) is 1.30. The van der Waals surface area contributed by atoms with Crippen LogP contribution in [-0.4, -0.2) is 9.97 Å². The van der Waals surface area contributed by atoms with Gasteiger partial charge in [0.05, 0.1) is 0 Å². The van der Waals surface area contributed by atoms with Gasteiger partial charge in [0.2, 0.25) is 0 Å². The number of aromatic amines is 1. The number of para-hydroxylation sites is 1. The second-order valence-corrected chi connectivity index (χ2v) is 7.23. The van der Waals surface area contributed by atoms with Crippen LogP contribution in [0.3, 0.4) is 0 Å². The molecule has 5 aromatic rings. The maximum atomic E-state index is 6.24. The molecule has 1 N–H and O–H groups in total. The first kappa shape index (κ1) is 17.5. The molecule has 0 radical (unpaired) electrons. The Morgan fingerprint density at radius 1 is 0.724 bits per heavy atom. The second kappa shape index (κ2) is 7.80. The Morgan fingerprint density at radius 2 is 1.41 bits per heavy atom. The van der Waals surface area contributed by atoms with E-state index < -0.39 is 0 Å². The Balaban J connectivity index is 1.40. The van der Waals surface area contributed by atoms with Crippen molar-refractivity contribution in [3.8, 4) is 22.6 Å². The van der Waals surface area contributed by atoms with E-state index in [-0.39, 0.29) is 0 Å². The molecule has 0 aliphatic carbocycles. The maximum absolute atomic E-state index is 6.24. The molecule has 0 fully saturated rings. The zero-order chi connectivity index (χ0) is 19.5. The van der Waals surface area contributed by atoms with Crippen molar-refractivity contribution in [3.05, 3.63) is 103 Å². The van der Waals surface area contributed by atoms with Crippen molar-refractivity contribution in [1.82, 2.24) is 9.97 Å². The summed E-state index contributed by atoms with van der Waals surface area (Å²) >= 11 is 0. The van der Waals surface area contributed by atoms with Crippen LogP contribution in [0.1, 0.15) is 17.9 Å². The minimum Gasteiger partial charge on any atom is -0.440 e. The molecule has 0 amide bonds. The van der Waals surface area contributed by atoms with Crippen LogP contribution < -0.4 is 0 Å². The molecule has 0 saturated heterocycles. The topological polar surface area (TPSA) is 41.8 Å². The zero-order valence-corrected chi connectivity index (χ0v) is 16.1. The number of rotatable bonds is 6. The molecule has 2 aromatic heterocycles. The van der Waals surface area contributed by atoms with Gasteiger partial charge < -0.3 is 9.40 Å². The molecule has 3 nitrogen and oxygen atoms in total. The molecule has 29 heavy (non-hydrogen) atoms. The van der Waals surface area contributed by atoms with Gasteiger partial charge in [0.25, 0.3) is 0 Å². The molecule has 0 atom stereocenters. The van der Waals surface area contributed by atoms with Crippen LogP contribution in [0.2, 0.25) is 0 Å². The number of hydrogen-bond acceptors (Lipinski definition) is 2. The summed E-state index contributed by atoms with van der Waals surface area (Å²) in [4.78, 5) is 8.22. The Bertz CT molecular complexity index is 1160. The lowest BCUT2D eigenvalue weighted by atomic mass is 10.1. The molecule has 0 spiro atoms. The Morgan fingerprint density at radius 3 is 2.21 bits per heavy atom. The van der Waals surface area contributed by atoms with Crippen LogP contribution in [0.4, 0.5) is 0 Å². The fourth-order valence-electron chi connectivity index (χ4n) is 3.82. The molecule has 142 valence electrons. The first-order chi connectivity index (χ1) is 14.4. The molecule has 0 aliphatic heterocycles. The van der Waals surface area contributed by atoms with Gasteiger partial charge in [-0.15, -0.1) is 0 Å². The van der Waals surface area contributed by atoms with E-state index in [1.165, 1.54) is 16.5 Å². The third-order valence-electron chi connectivity index (χ3n) is 5.27. The molecular formula is C26H22N2O. The number of H-pyrrole nitrogens is 1. The van der Waals surface area contributed by atoms with E-state index in [0.29, 0.717) is 0 Å². The Hall–Kier alpha value is -3.59. The number of aryl methyl sites for hydroxylation is 2. The standard InChI is InChI=1S/C26H22N2O/c1-3-10-19(11-4-1)25-26(20-12-5-2-6-13-20)29-24(28-25)17-9-14-21-18-27-23-16-8-7-15-22(21)23/h1-8,10-13,15-16,18,27H,9,14,17H2. The highest BCUT2D eigenvalue weighted by Crippen LogP contribution is 2.33. The summed E-state index contributed by atoms with van der Waals surface area (Å²) in [6.07, 6.45) is 4.91. The SMILES string of the molecule is c1ccc(-c2nc(CCCc3c[nH]c4ccccc34)oc2-c2ccccc2)cc1. The van der Waals surface area contributed by atoms with Crippen LogP contribution in [0.15, 0.2) is 95.5 Å². The number of nitrogens with one attached hydrogen (secondary N) is 1. The van der Waals surface area contributed by atoms with E-state index in [0.717, 1.165) is 47.7 Å². The molecule has 2 heterocycles. The van der Waals surface area contributed by atoms with Gasteiger partial charge in [0.1, 0.15) is 5.69 Å². The van der Waals surface area contributed by atoms with E-state index in [1.54, 1.807) is 0 Å². The van der Waals surface area contributed by atoms with Gasteiger partial charge in [-0.05, 0) is 24.5 Å². The van der Waals surface area contributed by atoms with E-state index in [9.17, 15) is 0 Å². The van der Waals surface area contributed by atoms with Crippen LogP contribution in [-0.2, 0) is 12.8 Å². The summed E-state index contributed by atoms with van der Waals surface area (Å²) in [7, 11) is 0. The van der Waals surface area contributed by atoms with E-state index >= 15 is 0 Å². The Labute approximate surface area is 170 Å². The number of fused-ring (bicyclic) bond motifs is 1. The van der Waals surface area contributed by atoms with Crippen molar-refractivity contribution >= 4 is 10.9 Å². The van der Waals surface area contributed by atoms with Gasteiger partial charge in [-0.3, -0.25) is 0 Å². The van der Waals surface area contributed by atoms with Crippen molar-refractivity contribution in [2.45, 2.75) is 19.3 Å². The summed E-state index contributed by atoms with van der Waals surface area (Å²) in [5.74, 6) is 1.64. The predicted molar refractivity (Wildman–Crippen MR) is 118 cm³/mol. The first-order valence-corrected chi connectivity index (χ1v) is 10.0. The highest BCUT2D eigenvalue weighted by atomic mass is 16.4. The molecule has 3 heteroatoms. The van der Waals surface area contributed by atoms with Crippen molar-refractivity contribution in [1.29, 1.82) is 0 Å². The second-order valence-electron chi connectivity index (χ2n) is 7.23. The van der Waals surface area contributed by atoms with Crippen LogP contribution in [0.25, 0.3) is 33.5 Å². The van der Waals surface area contributed by atoms with Crippen molar-refractivity contribution in [2.75, 3.05) is 0 Å². The van der Waals surface area contributed by atoms with Gasteiger partial charge >= 0.3 is 0 Å². The monoisotopic (exact) mass is 378 g/mol. The van der Waals surface area contributed by atoms with Gasteiger partial charge in [-0.25, -0.2) is 4.98 Å². The number of aromatic nitrogens is 2. The van der Waals surface area contributed by atoms with E-state index in [1.807, 2.05) is 36.4 Å². The quantitative estimate of drug-likeness (QED) is 0.359. The van der Waals surface area contributed by atoms with Gasteiger partial charge in [-0.2, -0.15) is 0 Å². The molecular weight excluding hydrogens is 356 g/mol. The van der Waals surface area contributed by atoms with Crippen LogP contribution >= 0.6 is 0 Å².